The molecule has 5 nitrogen and oxygen atoms in total. The Hall–Kier alpha value is -2.04. The van der Waals surface area contributed by atoms with Gasteiger partial charge in [0.2, 0.25) is 5.91 Å². The summed E-state index contributed by atoms with van der Waals surface area (Å²) in [5.74, 6) is -0.890. The highest BCUT2D eigenvalue weighted by Gasteiger charge is 2.11. The quantitative estimate of drug-likeness (QED) is 0.815. The molecule has 0 unspecified atom stereocenters. The van der Waals surface area contributed by atoms with Gasteiger partial charge in [-0.05, 0) is 19.1 Å². The molecule has 0 aliphatic carbocycles. The number of rotatable bonds is 4. The lowest BCUT2D eigenvalue weighted by molar-refractivity contribution is -0.114. The Morgan fingerprint density at radius 3 is 2.62 bits per heavy atom. The highest BCUT2D eigenvalue weighted by Crippen LogP contribution is 2.22. The van der Waals surface area contributed by atoms with Gasteiger partial charge < -0.3 is 15.2 Å². The number of aromatic carboxylic acids is 1. The van der Waals surface area contributed by atoms with Gasteiger partial charge in [-0.1, -0.05) is 0 Å². The number of hydrogen-bond donors (Lipinski definition) is 2. The molecule has 1 aromatic carbocycles. The maximum absolute atomic E-state index is 10.9. The van der Waals surface area contributed by atoms with E-state index in [1.54, 1.807) is 6.07 Å². The number of carbonyl (C=O) groups is 2. The molecule has 5 heteroatoms. The second-order valence-corrected chi connectivity index (χ2v) is 3.13. The van der Waals surface area contributed by atoms with E-state index >= 15 is 0 Å². The lowest BCUT2D eigenvalue weighted by Gasteiger charge is -2.09. The molecule has 0 atom stereocenters. The van der Waals surface area contributed by atoms with Crippen LogP contribution in [-0.2, 0) is 4.79 Å². The summed E-state index contributed by atoms with van der Waals surface area (Å²) in [4.78, 5) is 21.8. The Morgan fingerprint density at radius 1 is 1.44 bits per heavy atom. The van der Waals surface area contributed by atoms with Crippen molar-refractivity contribution in [3.63, 3.8) is 0 Å². The molecule has 2 N–H and O–H groups in total. The van der Waals surface area contributed by atoms with Crippen LogP contribution in [0.5, 0.6) is 5.75 Å². The molecule has 1 aromatic rings. The van der Waals surface area contributed by atoms with Gasteiger partial charge in [-0.25, -0.2) is 4.79 Å². The van der Waals surface area contributed by atoms with Crippen molar-refractivity contribution in [1.82, 2.24) is 0 Å². The van der Waals surface area contributed by atoms with Crippen LogP contribution in [0.2, 0.25) is 0 Å². The van der Waals surface area contributed by atoms with E-state index in [1.807, 2.05) is 6.92 Å². The van der Waals surface area contributed by atoms with Crippen molar-refractivity contribution in [2.45, 2.75) is 13.8 Å². The number of carboxylic acid groups (broad SMARTS) is 1. The Labute approximate surface area is 93.0 Å². The molecule has 0 fully saturated rings. The molecule has 0 aliphatic heterocycles. The van der Waals surface area contributed by atoms with Gasteiger partial charge >= 0.3 is 5.97 Å². The van der Waals surface area contributed by atoms with Gasteiger partial charge in [-0.15, -0.1) is 0 Å². The Morgan fingerprint density at radius 2 is 2.12 bits per heavy atom. The maximum atomic E-state index is 10.9. The number of amides is 1. The molecule has 0 spiro atoms. The summed E-state index contributed by atoms with van der Waals surface area (Å²) in [5.41, 5.74) is 0.282. The van der Waals surface area contributed by atoms with E-state index in [0.29, 0.717) is 12.4 Å². The maximum Gasteiger partial charge on any atom is 0.337 e. The molecule has 86 valence electrons. The van der Waals surface area contributed by atoms with E-state index in [2.05, 4.69) is 5.32 Å². The molecule has 16 heavy (non-hydrogen) atoms. The zero-order valence-corrected chi connectivity index (χ0v) is 9.11. The first-order chi connectivity index (χ1) is 7.54. The minimum Gasteiger partial charge on any atom is -0.494 e. The van der Waals surface area contributed by atoms with E-state index in [4.69, 9.17) is 9.84 Å². The minimum atomic E-state index is -1.09. The van der Waals surface area contributed by atoms with E-state index in [1.165, 1.54) is 19.1 Å². The Balaban J connectivity index is 3.10. The van der Waals surface area contributed by atoms with Gasteiger partial charge in [0.1, 0.15) is 5.75 Å². The molecular formula is C11H13NO4. The van der Waals surface area contributed by atoms with Gasteiger partial charge in [-0.2, -0.15) is 0 Å². The molecular weight excluding hydrogens is 210 g/mol. The number of carbonyl (C=O) groups excluding carboxylic acids is 1. The number of ether oxygens (including phenoxy) is 1. The summed E-state index contributed by atoms with van der Waals surface area (Å²) in [5, 5.41) is 11.4. The lowest BCUT2D eigenvalue weighted by Crippen LogP contribution is -2.11. The fourth-order valence-electron chi connectivity index (χ4n) is 1.26. The third-order valence-corrected chi connectivity index (χ3v) is 1.84. The summed E-state index contributed by atoms with van der Waals surface area (Å²) in [7, 11) is 0. The van der Waals surface area contributed by atoms with Gasteiger partial charge in [0.25, 0.3) is 0 Å². The SMILES string of the molecule is CCOc1ccc(C(=O)O)c(NC(C)=O)c1. The van der Waals surface area contributed by atoms with Gasteiger partial charge in [0, 0.05) is 13.0 Å². The molecule has 1 rings (SSSR count). The van der Waals surface area contributed by atoms with E-state index in [-0.39, 0.29) is 17.2 Å². The largest absolute Gasteiger partial charge is 0.494 e. The van der Waals surface area contributed by atoms with Crippen LogP contribution in [0.3, 0.4) is 0 Å². The van der Waals surface area contributed by atoms with Gasteiger partial charge in [0.05, 0.1) is 17.9 Å². The standard InChI is InChI=1S/C11H13NO4/c1-3-16-8-4-5-9(11(14)15)10(6-8)12-7(2)13/h4-6H,3H2,1-2H3,(H,12,13)(H,14,15). The second-order valence-electron chi connectivity index (χ2n) is 3.13. The number of benzene rings is 1. The van der Waals surface area contributed by atoms with E-state index in [0.717, 1.165) is 0 Å². The minimum absolute atomic E-state index is 0.0404. The molecule has 0 heterocycles. The molecule has 0 saturated carbocycles. The van der Waals surface area contributed by atoms with Crippen molar-refractivity contribution < 1.29 is 19.4 Å². The molecule has 0 aliphatic rings. The van der Waals surface area contributed by atoms with Crippen LogP contribution in [0.1, 0.15) is 24.2 Å². The highest BCUT2D eigenvalue weighted by atomic mass is 16.5. The monoisotopic (exact) mass is 223 g/mol. The third kappa shape index (κ3) is 2.98. The number of nitrogens with one attached hydrogen (secondary N) is 1. The van der Waals surface area contributed by atoms with Crippen molar-refractivity contribution in [3.8, 4) is 5.75 Å². The van der Waals surface area contributed by atoms with Crippen molar-refractivity contribution in [3.05, 3.63) is 23.8 Å². The van der Waals surface area contributed by atoms with Crippen LogP contribution in [0.15, 0.2) is 18.2 Å². The van der Waals surface area contributed by atoms with Crippen molar-refractivity contribution in [2.24, 2.45) is 0 Å². The highest BCUT2D eigenvalue weighted by molar-refractivity contribution is 6.00. The second kappa shape index (κ2) is 5.16. The molecule has 0 bridgehead atoms. The van der Waals surface area contributed by atoms with Crippen LogP contribution in [0.25, 0.3) is 0 Å². The number of anilines is 1. The van der Waals surface area contributed by atoms with Crippen molar-refractivity contribution >= 4 is 17.6 Å². The first-order valence-corrected chi connectivity index (χ1v) is 4.82. The molecule has 0 aromatic heterocycles. The summed E-state index contributed by atoms with van der Waals surface area (Å²) in [6.45, 7) is 3.62. The fourth-order valence-corrected chi connectivity index (χ4v) is 1.26. The van der Waals surface area contributed by atoms with Crippen LogP contribution in [0, 0.1) is 0 Å². The van der Waals surface area contributed by atoms with Gasteiger partial charge in [-0.3, -0.25) is 4.79 Å². The summed E-state index contributed by atoms with van der Waals surface area (Å²) < 4.78 is 5.22. The summed E-state index contributed by atoms with van der Waals surface area (Å²) >= 11 is 0. The fraction of sp³-hybridized carbons (Fsp3) is 0.273. The molecule has 1 amide bonds. The molecule has 0 radical (unpaired) electrons. The van der Waals surface area contributed by atoms with Gasteiger partial charge in [0.15, 0.2) is 0 Å². The summed E-state index contributed by atoms with van der Waals surface area (Å²) in [6.07, 6.45) is 0. The third-order valence-electron chi connectivity index (χ3n) is 1.84. The number of hydrogen-bond acceptors (Lipinski definition) is 3. The first kappa shape index (κ1) is 12.0. The lowest BCUT2D eigenvalue weighted by atomic mass is 10.1. The summed E-state index contributed by atoms with van der Waals surface area (Å²) in [6, 6.07) is 4.45. The average Bonchev–Trinajstić information content (AvgIpc) is 2.16. The van der Waals surface area contributed by atoms with Crippen LogP contribution in [-0.4, -0.2) is 23.6 Å². The smallest absolute Gasteiger partial charge is 0.337 e. The zero-order valence-electron chi connectivity index (χ0n) is 9.11. The Kier molecular flexibility index (Phi) is 3.88. The Bertz CT molecular complexity index is 414. The topological polar surface area (TPSA) is 75.6 Å². The van der Waals surface area contributed by atoms with Crippen molar-refractivity contribution in [1.29, 1.82) is 0 Å². The van der Waals surface area contributed by atoms with E-state index < -0.39 is 5.97 Å². The predicted octanol–water partition coefficient (Wildman–Crippen LogP) is 1.74. The predicted molar refractivity (Wildman–Crippen MR) is 58.9 cm³/mol. The van der Waals surface area contributed by atoms with E-state index in [9.17, 15) is 9.59 Å². The molecule has 0 saturated heterocycles. The van der Waals surface area contributed by atoms with Crippen molar-refractivity contribution in [2.75, 3.05) is 11.9 Å². The normalized spacial score (nSPS) is 9.62. The first-order valence-electron chi connectivity index (χ1n) is 4.82. The zero-order chi connectivity index (χ0) is 12.1. The average molecular weight is 223 g/mol. The number of carboxylic acids is 1. The van der Waals surface area contributed by atoms with Crippen LogP contribution < -0.4 is 10.1 Å². The van der Waals surface area contributed by atoms with Crippen LogP contribution in [0.4, 0.5) is 5.69 Å². The van der Waals surface area contributed by atoms with Crippen LogP contribution >= 0.6 is 0 Å².